The third kappa shape index (κ3) is 6.28. The standard InChI is InChI=1S/C26H33NO4S/c1-3-5-6-7-8-9-16-27-25(28)23(20-12-14-21(15-13-20)30-17-4-2)24(26(27)29)32-19-22-11-10-18-31-22/h10-15,18H,3-9,16-17,19H2,1-2H3. The second kappa shape index (κ2) is 12.5. The van der Waals surface area contributed by atoms with E-state index in [1.807, 2.05) is 36.4 Å². The van der Waals surface area contributed by atoms with Gasteiger partial charge in [-0.05, 0) is 42.7 Å². The van der Waals surface area contributed by atoms with Crippen molar-refractivity contribution in [3.05, 3.63) is 58.9 Å². The van der Waals surface area contributed by atoms with Gasteiger partial charge in [0.05, 0.1) is 29.1 Å². The van der Waals surface area contributed by atoms with Crippen LogP contribution in [0.15, 0.2) is 52.0 Å². The maximum Gasteiger partial charge on any atom is 0.267 e. The van der Waals surface area contributed by atoms with Crippen LogP contribution in [0.5, 0.6) is 5.75 Å². The van der Waals surface area contributed by atoms with Crippen LogP contribution in [0, 0.1) is 0 Å². The number of hydrogen-bond acceptors (Lipinski definition) is 5. The fraction of sp³-hybridized carbons (Fsp3) is 0.462. The second-order valence-corrected chi connectivity index (χ2v) is 8.96. The molecule has 2 heterocycles. The summed E-state index contributed by atoms with van der Waals surface area (Å²) in [4.78, 5) is 28.4. The van der Waals surface area contributed by atoms with E-state index >= 15 is 0 Å². The minimum Gasteiger partial charge on any atom is -0.494 e. The minimum atomic E-state index is -0.201. The molecule has 32 heavy (non-hydrogen) atoms. The van der Waals surface area contributed by atoms with Gasteiger partial charge in [0.1, 0.15) is 11.5 Å². The molecule has 1 aliphatic heterocycles. The molecule has 5 nitrogen and oxygen atoms in total. The molecule has 0 spiro atoms. The van der Waals surface area contributed by atoms with Gasteiger partial charge in [-0.2, -0.15) is 0 Å². The van der Waals surface area contributed by atoms with Crippen molar-refractivity contribution in [1.82, 2.24) is 4.90 Å². The SMILES string of the molecule is CCCCCCCCN1C(=O)C(SCc2ccco2)=C(c2ccc(OCCC)cc2)C1=O. The number of benzene rings is 1. The Morgan fingerprint density at radius 3 is 2.34 bits per heavy atom. The summed E-state index contributed by atoms with van der Waals surface area (Å²) in [7, 11) is 0. The Balaban J connectivity index is 1.74. The summed E-state index contributed by atoms with van der Waals surface area (Å²) in [5.41, 5.74) is 1.24. The number of imide groups is 1. The maximum absolute atomic E-state index is 13.3. The van der Waals surface area contributed by atoms with Crippen LogP contribution in [-0.2, 0) is 15.3 Å². The fourth-order valence-corrected chi connectivity index (χ4v) is 4.71. The summed E-state index contributed by atoms with van der Waals surface area (Å²) >= 11 is 1.37. The van der Waals surface area contributed by atoms with E-state index in [4.69, 9.17) is 9.15 Å². The van der Waals surface area contributed by atoms with Crippen LogP contribution in [0.3, 0.4) is 0 Å². The molecule has 0 atom stereocenters. The third-order valence-electron chi connectivity index (χ3n) is 5.42. The van der Waals surface area contributed by atoms with Gasteiger partial charge in [0.15, 0.2) is 0 Å². The predicted molar refractivity (Wildman–Crippen MR) is 129 cm³/mol. The van der Waals surface area contributed by atoms with Crippen molar-refractivity contribution in [1.29, 1.82) is 0 Å². The largest absolute Gasteiger partial charge is 0.494 e. The van der Waals surface area contributed by atoms with Crippen LogP contribution in [0.4, 0.5) is 0 Å². The lowest BCUT2D eigenvalue weighted by atomic mass is 10.1. The van der Waals surface area contributed by atoms with Crippen LogP contribution in [0.1, 0.15) is 70.1 Å². The van der Waals surface area contributed by atoms with Crippen molar-refractivity contribution in [3.8, 4) is 5.75 Å². The van der Waals surface area contributed by atoms with E-state index in [-0.39, 0.29) is 11.8 Å². The average molecular weight is 456 g/mol. The molecule has 0 radical (unpaired) electrons. The molecule has 0 fully saturated rings. The van der Waals surface area contributed by atoms with Gasteiger partial charge in [0.2, 0.25) is 0 Å². The van der Waals surface area contributed by atoms with Gasteiger partial charge in [0, 0.05) is 6.54 Å². The molecule has 172 valence electrons. The number of furan rings is 1. The lowest BCUT2D eigenvalue weighted by Crippen LogP contribution is -2.32. The molecule has 2 aromatic rings. The molecular formula is C26H33NO4S. The second-order valence-electron chi connectivity index (χ2n) is 7.97. The number of carbonyl (C=O) groups excluding carboxylic acids is 2. The van der Waals surface area contributed by atoms with E-state index in [0.29, 0.717) is 29.4 Å². The zero-order valence-corrected chi connectivity index (χ0v) is 19.9. The number of amides is 2. The molecule has 0 N–H and O–H groups in total. The van der Waals surface area contributed by atoms with Crippen molar-refractivity contribution in [2.75, 3.05) is 13.2 Å². The monoisotopic (exact) mass is 455 g/mol. The van der Waals surface area contributed by atoms with E-state index in [9.17, 15) is 9.59 Å². The lowest BCUT2D eigenvalue weighted by Gasteiger charge is -2.15. The number of ether oxygens (including phenoxy) is 1. The van der Waals surface area contributed by atoms with Crippen LogP contribution in [0.25, 0.3) is 5.57 Å². The van der Waals surface area contributed by atoms with Crippen molar-refractivity contribution in [2.24, 2.45) is 0 Å². The van der Waals surface area contributed by atoms with Gasteiger partial charge in [-0.3, -0.25) is 14.5 Å². The van der Waals surface area contributed by atoms with E-state index in [2.05, 4.69) is 13.8 Å². The van der Waals surface area contributed by atoms with Crippen LogP contribution in [0.2, 0.25) is 0 Å². The van der Waals surface area contributed by atoms with Crippen molar-refractivity contribution in [2.45, 2.75) is 64.5 Å². The van der Waals surface area contributed by atoms with Crippen molar-refractivity contribution >= 4 is 29.1 Å². The van der Waals surface area contributed by atoms with Gasteiger partial charge in [-0.25, -0.2) is 0 Å². The summed E-state index contributed by atoms with van der Waals surface area (Å²) < 4.78 is 11.1. The summed E-state index contributed by atoms with van der Waals surface area (Å²) in [5, 5.41) is 0. The number of unbranched alkanes of at least 4 members (excludes halogenated alkanes) is 5. The highest BCUT2D eigenvalue weighted by molar-refractivity contribution is 8.03. The summed E-state index contributed by atoms with van der Waals surface area (Å²) in [6.07, 6.45) is 9.21. The molecule has 1 aromatic heterocycles. The Morgan fingerprint density at radius 2 is 1.66 bits per heavy atom. The molecule has 2 amide bonds. The fourth-order valence-electron chi connectivity index (χ4n) is 3.67. The first-order valence-corrected chi connectivity index (χ1v) is 12.6. The van der Waals surface area contributed by atoms with Gasteiger partial charge in [0.25, 0.3) is 11.8 Å². The Bertz CT molecular complexity index is 902. The van der Waals surface area contributed by atoms with Crippen molar-refractivity contribution in [3.63, 3.8) is 0 Å². The molecule has 3 rings (SSSR count). The molecule has 1 aliphatic rings. The van der Waals surface area contributed by atoms with E-state index in [1.54, 1.807) is 6.26 Å². The lowest BCUT2D eigenvalue weighted by molar-refractivity contribution is -0.136. The molecule has 1 aromatic carbocycles. The zero-order valence-electron chi connectivity index (χ0n) is 19.1. The predicted octanol–water partition coefficient (Wildman–Crippen LogP) is 6.44. The number of hydrogen-bond donors (Lipinski definition) is 0. The maximum atomic E-state index is 13.3. The number of nitrogens with zero attached hydrogens (tertiary/aromatic N) is 1. The highest BCUT2D eigenvalue weighted by atomic mass is 32.2. The smallest absolute Gasteiger partial charge is 0.267 e. The van der Waals surface area contributed by atoms with Crippen LogP contribution in [-0.4, -0.2) is 29.9 Å². The summed E-state index contributed by atoms with van der Waals surface area (Å²) in [6, 6.07) is 11.2. The normalized spacial score (nSPS) is 14.0. The Hall–Kier alpha value is -2.47. The minimum absolute atomic E-state index is 0.193. The Kier molecular flexibility index (Phi) is 9.47. The molecule has 0 bridgehead atoms. The number of carbonyl (C=O) groups is 2. The van der Waals surface area contributed by atoms with Crippen molar-refractivity contribution < 1.29 is 18.7 Å². The average Bonchev–Trinajstić information content (AvgIpc) is 3.40. The molecule has 6 heteroatoms. The summed E-state index contributed by atoms with van der Waals surface area (Å²) in [5.74, 6) is 1.66. The Morgan fingerprint density at radius 1 is 0.906 bits per heavy atom. The van der Waals surface area contributed by atoms with Crippen LogP contribution >= 0.6 is 11.8 Å². The molecule has 0 aliphatic carbocycles. The number of thioether (sulfide) groups is 1. The quantitative estimate of drug-likeness (QED) is 0.242. The first kappa shape index (κ1) is 24.2. The van der Waals surface area contributed by atoms with Crippen LogP contribution < -0.4 is 4.74 Å². The highest BCUT2D eigenvalue weighted by Gasteiger charge is 2.38. The first-order valence-electron chi connectivity index (χ1n) is 11.6. The number of rotatable bonds is 14. The van der Waals surface area contributed by atoms with Gasteiger partial charge in [-0.1, -0.05) is 58.1 Å². The topological polar surface area (TPSA) is 59.8 Å². The van der Waals surface area contributed by atoms with E-state index in [0.717, 1.165) is 42.8 Å². The molecule has 0 unspecified atom stereocenters. The van der Waals surface area contributed by atoms with Gasteiger partial charge in [-0.15, -0.1) is 11.8 Å². The molecular weight excluding hydrogens is 422 g/mol. The Labute approximate surface area is 195 Å². The summed E-state index contributed by atoms with van der Waals surface area (Å²) in [6.45, 7) is 5.37. The molecule has 0 saturated heterocycles. The zero-order chi connectivity index (χ0) is 22.8. The van der Waals surface area contributed by atoms with E-state index in [1.165, 1.54) is 35.9 Å². The van der Waals surface area contributed by atoms with E-state index < -0.39 is 0 Å². The third-order valence-corrected chi connectivity index (χ3v) is 6.51. The first-order chi connectivity index (χ1) is 15.7. The van der Waals surface area contributed by atoms with Gasteiger partial charge >= 0.3 is 0 Å². The highest BCUT2D eigenvalue weighted by Crippen LogP contribution is 2.38. The molecule has 0 saturated carbocycles. The van der Waals surface area contributed by atoms with Gasteiger partial charge < -0.3 is 9.15 Å².